The standard InChI is InChI=1S/C22H27NO7S/c1-4-28-20(22(25)29-5-2)14-16-6-10-18(11-7-16)21(24)23-15-17-8-12-19(13-9-17)30-31(3,26)27/h6-13,20H,4-5,14-15H2,1-3H3,(H,23,24). The van der Waals surface area contributed by atoms with E-state index in [1.165, 1.54) is 12.1 Å². The number of hydrogen-bond acceptors (Lipinski definition) is 7. The molecule has 2 aromatic carbocycles. The summed E-state index contributed by atoms with van der Waals surface area (Å²) >= 11 is 0. The van der Waals surface area contributed by atoms with Crippen LogP contribution in [0.4, 0.5) is 0 Å². The highest BCUT2D eigenvalue weighted by Crippen LogP contribution is 2.14. The third-order valence-electron chi connectivity index (χ3n) is 4.18. The van der Waals surface area contributed by atoms with Crippen LogP contribution in [0.1, 0.15) is 35.3 Å². The highest BCUT2D eigenvalue weighted by Gasteiger charge is 2.20. The monoisotopic (exact) mass is 449 g/mol. The molecule has 0 aliphatic carbocycles. The van der Waals surface area contributed by atoms with Gasteiger partial charge >= 0.3 is 16.1 Å². The molecule has 0 radical (unpaired) electrons. The fourth-order valence-electron chi connectivity index (χ4n) is 2.78. The summed E-state index contributed by atoms with van der Waals surface area (Å²) in [5.74, 6) is -0.449. The van der Waals surface area contributed by atoms with Crippen molar-refractivity contribution in [2.45, 2.75) is 32.9 Å². The molecule has 2 aromatic rings. The number of nitrogens with one attached hydrogen (secondary N) is 1. The van der Waals surface area contributed by atoms with E-state index in [-0.39, 0.29) is 24.8 Å². The lowest BCUT2D eigenvalue weighted by Crippen LogP contribution is -2.29. The second-order valence-electron chi connectivity index (χ2n) is 6.71. The molecule has 0 aliphatic heterocycles. The minimum absolute atomic E-state index is 0.210. The second-order valence-corrected chi connectivity index (χ2v) is 8.29. The Morgan fingerprint density at radius 3 is 2.10 bits per heavy atom. The number of ether oxygens (including phenoxy) is 2. The smallest absolute Gasteiger partial charge is 0.335 e. The largest absolute Gasteiger partial charge is 0.464 e. The average molecular weight is 450 g/mol. The van der Waals surface area contributed by atoms with Crippen LogP contribution in [0.15, 0.2) is 48.5 Å². The number of esters is 1. The lowest BCUT2D eigenvalue weighted by Gasteiger charge is -2.15. The average Bonchev–Trinajstić information content (AvgIpc) is 2.72. The summed E-state index contributed by atoms with van der Waals surface area (Å²) in [5, 5.41) is 2.80. The maximum atomic E-state index is 12.4. The zero-order valence-electron chi connectivity index (χ0n) is 17.8. The number of benzene rings is 2. The van der Waals surface area contributed by atoms with Crippen LogP contribution in [-0.4, -0.2) is 45.9 Å². The first-order valence-electron chi connectivity index (χ1n) is 9.85. The fraction of sp³-hybridized carbons (Fsp3) is 0.364. The van der Waals surface area contributed by atoms with Gasteiger partial charge in [0.1, 0.15) is 5.75 Å². The van der Waals surface area contributed by atoms with E-state index < -0.39 is 22.2 Å². The predicted molar refractivity (Wildman–Crippen MR) is 115 cm³/mol. The lowest BCUT2D eigenvalue weighted by atomic mass is 10.1. The lowest BCUT2D eigenvalue weighted by molar-refractivity contribution is -0.156. The Bertz CT molecular complexity index is 970. The van der Waals surface area contributed by atoms with Gasteiger partial charge in [-0.25, -0.2) is 4.79 Å². The third-order valence-corrected chi connectivity index (χ3v) is 4.67. The van der Waals surface area contributed by atoms with Crippen molar-refractivity contribution in [3.05, 3.63) is 65.2 Å². The van der Waals surface area contributed by atoms with Crippen molar-refractivity contribution in [3.8, 4) is 5.75 Å². The van der Waals surface area contributed by atoms with Crippen molar-refractivity contribution in [1.29, 1.82) is 0 Å². The van der Waals surface area contributed by atoms with Crippen molar-refractivity contribution >= 4 is 22.0 Å². The molecule has 0 bridgehead atoms. The fourth-order valence-corrected chi connectivity index (χ4v) is 3.24. The molecular weight excluding hydrogens is 422 g/mol. The number of hydrogen-bond donors (Lipinski definition) is 1. The summed E-state index contributed by atoms with van der Waals surface area (Å²) in [6, 6.07) is 13.3. The first-order valence-corrected chi connectivity index (χ1v) is 11.7. The van der Waals surface area contributed by atoms with Gasteiger partial charge < -0.3 is 19.0 Å². The third kappa shape index (κ3) is 8.39. The summed E-state index contributed by atoms with van der Waals surface area (Å²) in [4.78, 5) is 24.4. The number of amides is 1. The maximum Gasteiger partial charge on any atom is 0.335 e. The molecule has 1 N–H and O–H groups in total. The van der Waals surface area contributed by atoms with Crippen molar-refractivity contribution in [2.75, 3.05) is 19.5 Å². The van der Waals surface area contributed by atoms with Gasteiger partial charge in [-0.15, -0.1) is 0 Å². The highest BCUT2D eigenvalue weighted by atomic mass is 32.2. The molecule has 1 unspecified atom stereocenters. The maximum absolute atomic E-state index is 12.4. The molecule has 2 rings (SSSR count). The van der Waals surface area contributed by atoms with Crippen LogP contribution in [0.5, 0.6) is 5.75 Å². The normalized spacial score (nSPS) is 12.1. The molecular formula is C22H27NO7S. The molecule has 0 spiro atoms. The first-order chi connectivity index (χ1) is 14.7. The van der Waals surface area contributed by atoms with Crippen LogP contribution in [0, 0.1) is 0 Å². The van der Waals surface area contributed by atoms with Crippen LogP contribution >= 0.6 is 0 Å². The molecule has 0 aromatic heterocycles. The zero-order chi connectivity index (χ0) is 22.9. The Balaban J connectivity index is 1.92. The SMILES string of the molecule is CCOC(=O)C(Cc1ccc(C(=O)NCc2ccc(OS(C)(=O)=O)cc2)cc1)OCC. The van der Waals surface area contributed by atoms with E-state index >= 15 is 0 Å². The van der Waals surface area contributed by atoms with Gasteiger partial charge in [-0.2, -0.15) is 8.42 Å². The quantitative estimate of drug-likeness (QED) is 0.415. The van der Waals surface area contributed by atoms with E-state index in [0.29, 0.717) is 18.6 Å². The summed E-state index contributed by atoms with van der Waals surface area (Å²) < 4.78 is 37.5. The van der Waals surface area contributed by atoms with E-state index in [0.717, 1.165) is 17.4 Å². The van der Waals surface area contributed by atoms with Crippen LogP contribution in [0.2, 0.25) is 0 Å². The molecule has 1 atom stereocenters. The number of carbonyl (C=O) groups is 2. The summed E-state index contributed by atoms with van der Waals surface area (Å²) in [6.07, 6.45) is 0.649. The van der Waals surface area contributed by atoms with Gasteiger partial charge in [-0.3, -0.25) is 4.79 Å². The summed E-state index contributed by atoms with van der Waals surface area (Å²) in [7, 11) is -3.58. The molecule has 9 heteroatoms. The molecule has 0 fully saturated rings. The molecule has 168 valence electrons. The van der Waals surface area contributed by atoms with Crippen LogP contribution in [0.25, 0.3) is 0 Å². The van der Waals surface area contributed by atoms with Crippen molar-refractivity contribution < 1.29 is 31.7 Å². The minimum Gasteiger partial charge on any atom is -0.464 e. The highest BCUT2D eigenvalue weighted by molar-refractivity contribution is 7.86. The van der Waals surface area contributed by atoms with Gasteiger partial charge in [0.2, 0.25) is 0 Å². The van der Waals surface area contributed by atoms with E-state index in [2.05, 4.69) is 5.32 Å². The molecule has 0 aliphatic rings. The Labute approximate surface area is 182 Å². The molecule has 1 amide bonds. The van der Waals surface area contributed by atoms with Gasteiger partial charge in [0.25, 0.3) is 5.91 Å². The molecule has 8 nitrogen and oxygen atoms in total. The van der Waals surface area contributed by atoms with E-state index in [4.69, 9.17) is 13.7 Å². The Morgan fingerprint density at radius 1 is 0.935 bits per heavy atom. The minimum atomic E-state index is -3.58. The summed E-state index contributed by atoms with van der Waals surface area (Å²) in [6.45, 7) is 4.51. The van der Waals surface area contributed by atoms with Crippen LogP contribution < -0.4 is 9.50 Å². The first kappa shape index (κ1) is 24.4. The van der Waals surface area contributed by atoms with E-state index in [9.17, 15) is 18.0 Å². The van der Waals surface area contributed by atoms with Crippen LogP contribution in [-0.2, 0) is 37.4 Å². The van der Waals surface area contributed by atoms with Crippen LogP contribution in [0.3, 0.4) is 0 Å². The molecule has 0 heterocycles. The van der Waals surface area contributed by atoms with Gasteiger partial charge in [-0.1, -0.05) is 24.3 Å². The molecule has 0 saturated carbocycles. The Kier molecular flexibility index (Phi) is 9.02. The van der Waals surface area contributed by atoms with E-state index in [1.807, 2.05) is 6.92 Å². The van der Waals surface area contributed by atoms with Gasteiger partial charge in [0, 0.05) is 25.1 Å². The number of carbonyl (C=O) groups excluding carboxylic acids is 2. The Morgan fingerprint density at radius 2 is 1.55 bits per heavy atom. The molecule has 0 saturated heterocycles. The van der Waals surface area contributed by atoms with Gasteiger partial charge in [0.05, 0.1) is 12.9 Å². The topological polar surface area (TPSA) is 108 Å². The van der Waals surface area contributed by atoms with Crippen molar-refractivity contribution in [1.82, 2.24) is 5.32 Å². The van der Waals surface area contributed by atoms with Crippen molar-refractivity contribution in [2.24, 2.45) is 0 Å². The number of rotatable bonds is 11. The van der Waals surface area contributed by atoms with Gasteiger partial charge in [0.15, 0.2) is 6.10 Å². The zero-order valence-corrected chi connectivity index (χ0v) is 18.6. The van der Waals surface area contributed by atoms with Crippen molar-refractivity contribution in [3.63, 3.8) is 0 Å². The summed E-state index contributed by atoms with van der Waals surface area (Å²) in [5.41, 5.74) is 2.12. The van der Waals surface area contributed by atoms with Gasteiger partial charge in [-0.05, 0) is 49.2 Å². The Hall–Kier alpha value is -2.91. The van der Waals surface area contributed by atoms with E-state index in [1.54, 1.807) is 43.3 Å². The predicted octanol–water partition coefficient (Wildman–Crippen LogP) is 2.47. The molecule has 31 heavy (non-hydrogen) atoms. The second kappa shape index (κ2) is 11.5.